The van der Waals surface area contributed by atoms with Crippen molar-refractivity contribution in [3.05, 3.63) is 29.3 Å². The van der Waals surface area contributed by atoms with Gasteiger partial charge >= 0.3 is 17.9 Å². The molecule has 168 valence electrons. The molecule has 2 aliphatic heterocycles. The maximum absolute atomic E-state index is 13.0. The van der Waals surface area contributed by atoms with Crippen LogP contribution >= 0.6 is 0 Å². The summed E-state index contributed by atoms with van der Waals surface area (Å²) in [6.07, 6.45) is -0.488. The molecule has 2 aliphatic rings. The number of esters is 2. The normalized spacial score (nSPS) is 24.3. The molecule has 2 heterocycles. The van der Waals surface area contributed by atoms with Gasteiger partial charge in [-0.2, -0.15) is 0 Å². The second-order valence-corrected chi connectivity index (χ2v) is 8.38. The second-order valence-electron chi connectivity index (χ2n) is 8.38. The molecule has 2 saturated heterocycles. The van der Waals surface area contributed by atoms with E-state index in [1.165, 1.54) is 18.2 Å². The van der Waals surface area contributed by atoms with Crippen molar-refractivity contribution in [2.75, 3.05) is 5.32 Å². The molecule has 9 nitrogen and oxygen atoms in total. The fraction of sp³-hybridized carbons (Fsp3) is 0.545. The number of rotatable bonds is 7. The van der Waals surface area contributed by atoms with E-state index in [1.807, 2.05) is 0 Å². The monoisotopic (exact) mass is 433 g/mol. The minimum absolute atomic E-state index is 0.0705. The molecule has 1 aromatic rings. The van der Waals surface area contributed by atoms with Crippen molar-refractivity contribution in [3.8, 4) is 0 Å². The first kappa shape index (κ1) is 22.7. The first-order valence-corrected chi connectivity index (χ1v) is 10.3. The van der Waals surface area contributed by atoms with Gasteiger partial charge in [0.05, 0.1) is 47.4 Å². The molecule has 31 heavy (non-hydrogen) atoms. The van der Waals surface area contributed by atoms with E-state index in [0.29, 0.717) is 12.8 Å². The van der Waals surface area contributed by atoms with Crippen LogP contribution in [0.15, 0.2) is 18.2 Å². The predicted octanol–water partition coefficient (Wildman–Crippen LogP) is 2.63. The minimum atomic E-state index is -1.08. The van der Waals surface area contributed by atoms with E-state index in [4.69, 9.17) is 14.2 Å². The second kappa shape index (κ2) is 9.05. The molecule has 0 aliphatic carbocycles. The largest absolute Gasteiger partial charge is 0.481 e. The highest BCUT2D eigenvalue weighted by atomic mass is 16.5. The van der Waals surface area contributed by atoms with Crippen LogP contribution in [0.1, 0.15) is 61.3 Å². The summed E-state index contributed by atoms with van der Waals surface area (Å²) in [4.78, 5) is 49.4. The SMILES string of the molecule is CC(C)OC(=O)c1cc(NC(=O)[C@@H]2[C@H](C(=O)O)[C@H]3CC[C@H]2O3)cc(C(=O)OC(C)C)c1. The Kier molecular flexibility index (Phi) is 6.64. The molecule has 9 heteroatoms. The number of anilines is 1. The topological polar surface area (TPSA) is 128 Å². The predicted molar refractivity (Wildman–Crippen MR) is 109 cm³/mol. The minimum Gasteiger partial charge on any atom is -0.481 e. The molecular weight excluding hydrogens is 406 g/mol. The summed E-state index contributed by atoms with van der Waals surface area (Å²) in [5.74, 6) is -4.71. The number of carboxylic acid groups (broad SMARTS) is 1. The molecular formula is C22H27NO8. The molecule has 2 fully saturated rings. The van der Waals surface area contributed by atoms with Gasteiger partial charge in [0, 0.05) is 5.69 Å². The van der Waals surface area contributed by atoms with E-state index in [9.17, 15) is 24.3 Å². The van der Waals surface area contributed by atoms with E-state index < -0.39 is 47.9 Å². The lowest BCUT2D eigenvalue weighted by Crippen LogP contribution is -2.41. The molecule has 3 rings (SSSR count). The summed E-state index contributed by atoms with van der Waals surface area (Å²) in [7, 11) is 0. The van der Waals surface area contributed by atoms with Crippen LogP contribution in [0.2, 0.25) is 0 Å². The molecule has 1 amide bonds. The van der Waals surface area contributed by atoms with Gasteiger partial charge in [0.1, 0.15) is 0 Å². The first-order chi connectivity index (χ1) is 14.6. The zero-order valence-electron chi connectivity index (χ0n) is 17.9. The van der Waals surface area contributed by atoms with E-state index in [1.54, 1.807) is 27.7 Å². The number of hydrogen-bond donors (Lipinski definition) is 2. The average molecular weight is 433 g/mol. The smallest absolute Gasteiger partial charge is 0.338 e. The zero-order valence-corrected chi connectivity index (χ0v) is 17.9. The molecule has 0 saturated carbocycles. The highest BCUT2D eigenvalue weighted by Gasteiger charge is 2.55. The number of ether oxygens (including phenoxy) is 3. The third kappa shape index (κ3) is 5.04. The highest BCUT2D eigenvalue weighted by molar-refractivity contribution is 6.01. The first-order valence-electron chi connectivity index (χ1n) is 10.3. The Morgan fingerprint density at radius 2 is 1.39 bits per heavy atom. The van der Waals surface area contributed by atoms with Gasteiger partial charge in [-0.1, -0.05) is 0 Å². The van der Waals surface area contributed by atoms with Gasteiger partial charge in [-0.15, -0.1) is 0 Å². The molecule has 4 atom stereocenters. The quantitative estimate of drug-likeness (QED) is 0.628. The maximum atomic E-state index is 13.0. The lowest BCUT2D eigenvalue weighted by atomic mass is 9.78. The van der Waals surface area contributed by atoms with Crippen LogP contribution in [0.4, 0.5) is 5.69 Å². The van der Waals surface area contributed by atoms with E-state index in [-0.39, 0.29) is 29.0 Å². The van der Waals surface area contributed by atoms with Crippen molar-refractivity contribution in [3.63, 3.8) is 0 Å². The van der Waals surface area contributed by atoms with Crippen LogP contribution in [-0.4, -0.2) is 53.3 Å². The Morgan fingerprint density at radius 1 is 0.903 bits per heavy atom. The zero-order chi connectivity index (χ0) is 22.9. The summed E-state index contributed by atoms with van der Waals surface area (Å²) in [5, 5.41) is 12.2. The number of carbonyl (C=O) groups excluding carboxylic acids is 3. The summed E-state index contributed by atoms with van der Waals surface area (Å²) < 4.78 is 16.0. The highest BCUT2D eigenvalue weighted by Crippen LogP contribution is 2.44. The van der Waals surface area contributed by atoms with Crippen LogP contribution in [0, 0.1) is 11.8 Å². The Hall–Kier alpha value is -2.94. The van der Waals surface area contributed by atoms with Crippen molar-refractivity contribution in [1.29, 1.82) is 0 Å². The Balaban J connectivity index is 1.88. The number of fused-ring (bicyclic) bond motifs is 2. The van der Waals surface area contributed by atoms with Gasteiger partial charge in [-0.05, 0) is 58.7 Å². The van der Waals surface area contributed by atoms with Crippen molar-refractivity contribution in [2.45, 2.75) is 65.0 Å². The van der Waals surface area contributed by atoms with E-state index in [2.05, 4.69) is 5.32 Å². The standard InChI is InChI=1S/C22H27NO8/c1-10(2)29-21(27)12-7-13(22(28)30-11(3)4)9-14(8-12)23-19(24)17-15-5-6-16(31-15)18(17)20(25)26/h7-11,15-18H,5-6H2,1-4H3,(H,23,24)(H,25,26)/t15-,16-,17+,18-/m1/s1. The van der Waals surface area contributed by atoms with Gasteiger partial charge in [0.2, 0.25) is 5.91 Å². The average Bonchev–Trinajstić information content (AvgIpc) is 3.28. The summed E-state index contributed by atoms with van der Waals surface area (Å²) >= 11 is 0. The summed E-state index contributed by atoms with van der Waals surface area (Å²) in [6.45, 7) is 6.77. The number of aliphatic carboxylic acids is 1. The van der Waals surface area contributed by atoms with Crippen LogP contribution in [0.3, 0.4) is 0 Å². The van der Waals surface area contributed by atoms with Gasteiger partial charge in [-0.25, -0.2) is 9.59 Å². The van der Waals surface area contributed by atoms with Crippen LogP contribution < -0.4 is 5.32 Å². The molecule has 0 unspecified atom stereocenters. The molecule has 0 aromatic heterocycles. The van der Waals surface area contributed by atoms with Crippen molar-refractivity contribution in [2.24, 2.45) is 11.8 Å². The van der Waals surface area contributed by atoms with Crippen molar-refractivity contribution < 1.29 is 38.5 Å². The summed E-state index contributed by atoms with van der Waals surface area (Å²) in [6, 6.07) is 4.11. The lowest BCUT2D eigenvalue weighted by Gasteiger charge is -2.24. The Labute approximate surface area is 180 Å². The number of amides is 1. The molecule has 2 bridgehead atoms. The Morgan fingerprint density at radius 3 is 1.84 bits per heavy atom. The van der Waals surface area contributed by atoms with E-state index in [0.717, 1.165) is 0 Å². The third-order valence-corrected chi connectivity index (χ3v) is 5.22. The number of nitrogens with one attached hydrogen (secondary N) is 1. The van der Waals surface area contributed by atoms with Gasteiger partial charge in [0.25, 0.3) is 0 Å². The van der Waals surface area contributed by atoms with Crippen LogP contribution in [-0.2, 0) is 23.8 Å². The maximum Gasteiger partial charge on any atom is 0.338 e. The lowest BCUT2D eigenvalue weighted by molar-refractivity contribution is -0.147. The van der Waals surface area contributed by atoms with Gasteiger partial charge in [-0.3, -0.25) is 9.59 Å². The fourth-order valence-corrected chi connectivity index (χ4v) is 4.05. The number of hydrogen-bond acceptors (Lipinski definition) is 7. The van der Waals surface area contributed by atoms with Gasteiger partial charge < -0.3 is 24.6 Å². The molecule has 0 radical (unpaired) electrons. The fourth-order valence-electron chi connectivity index (χ4n) is 4.05. The molecule has 1 aromatic carbocycles. The molecule has 0 spiro atoms. The van der Waals surface area contributed by atoms with Crippen LogP contribution in [0.5, 0.6) is 0 Å². The number of benzene rings is 1. The van der Waals surface area contributed by atoms with Crippen molar-refractivity contribution >= 4 is 29.5 Å². The van der Waals surface area contributed by atoms with Gasteiger partial charge in [0.15, 0.2) is 0 Å². The van der Waals surface area contributed by atoms with E-state index >= 15 is 0 Å². The third-order valence-electron chi connectivity index (χ3n) is 5.22. The van der Waals surface area contributed by atoms with Crippen molar-refractivity contribution in [1.82, 2.24) is 0 Å². The number of carboxylic acids is 1. The summed E-state index contributed by atoms with van der Waals surface area (Å²) in [5.41, 5.74) is 0.313. The Bertz CT molecular complexity index is 853. The molecule has 2 N–H and O–H groups in total. The number of carbonyl (C=O) groups is 4. The van der Waals surface area contributed by atoms with Crippen LogP contribution in [0.25, 0.3) is 0 Å².